The highest BCUT2D eigenvalue weighted by Gasteiger charge is 2.12. The van der Waals surface area contributed by atoms with Gasteiger partial charge in [0.2, 0.25) is 5.88 Å². The van der Waals surface area contributed by atoms with Gasteiger partial charge in [-0.3, -0.25) is 4.68 Å². The fourth-order valence-corrected chi connectivity index (χ4v) is 2.16. The average Bonchev–Trinajstić information content (AvgIpc) is 3.10. The van der Waals surface area contributed by atoms with E-state index in [-0.39, 0.29) is 6.01 Å². The van der Waals surface area contributed by atoms with Crippen molar-refractivity contribution in [2.24, 2.45) is 0 Å². The van der Waals surface area contributed by atoms with Gasteiger partial charge in [0.15, 0.2) is 5.65 Å². The summed E-state index contributed by atoms with van der Waals surface area (Å²) < 4.78 is 14.2. The summed E-state index contributed by atoms with van der Waals surface area (Å²) in [6, 6.07) is 2.20. The van der Waals surface area contributed by atoms with E-state index in [1.807, 2.05) is 16.8 Å². The zero-order chi connectivity index (χ0) is 14.8. The Hall–Kier alpha value is -2.77. The van der Waals surface area contributed by atoms with Crippen LogP contribution in [0.4, 0.5) is 5.69 Å². The zero-order valence-corrected chi connectivity index (χ0v) is 11.9. The van der Waals surface area contributed by atoms with Crippen molar-refractivity contribution in [1.29, 1.82) is 0 Å². The lowest BCUT2D eigenvalue weighted by Crippen LogP contribution is -2.08. The molecule has 0 bridgehead atoms. The number of methoxy groups -OCH3 is 2. The van der Waals surface area contributed by atoms with E-state index >= 15 is 0 Å². The number of ether oxygens (including phenoxy) is 2. The average molecular weight is 288 g/mol. The Bertz CT molecular complexity index is 763. The number of rotatable bonds is 5. The molecule has 0 aliphatic carbocycles. The molecule has 0 atom stereocenters. The second-order valence-electron chi connectivity index (χ2n) is 4.50. The van der Waals surface area contributed by atoms with E-state index in [2.05, 4.69) is 15.1 Å². The number of aryl methyl sites for hydroxylation is 2. The van der Waals surface area contributed by atoms with E-state index in [1.54, 1.807) is 24.2 Å². The van der Waals surface area contributed by atoms with Gasteiger partial charge in [-0.2, -0.15) is 15.1 Å². The number of anilines is 1. The molecule has 0 aliphatic heterocycles. The highest BCUT2D eigenvalue weighted by Crippen LogP contribution is 2.25. The fraction of sp³-hybridized carbons (Fsp3) is 0.308. The van der Waals surface area contributed by atoms with E-state index in [9.17, 15) is 0 Å². The predicted molar refractivity (Wildman–Crippen MR) is 77.3 cm³/mol. The van der Waals surface area contributed by atoms with E-state index in [0.717, 1.165) is 11.0 Å². The molecule has 21 heavy (non-hydrogen) atoms. The smallest absolute Gasteiger partial charge is 0.321 e. The first-order valence-electron chi connectivity index (χ1n) is 6.44. The lowest BCUT2D eigenvalue weighted by Gasteiger charge is -2.07. The second kappa shape index (κ2) is 5.31. The minimum Gasteiger partial charge on any atom is -0.480 e. The highest BCUT2D eigenvalue weighted by molar-refractivity contribution is 5.81. The van der Waals surface area contributed by atoms with Gasteiger partial charge in [0, 0.05) is 18.9 Å². The van der Waals surface area contributed by atoms with Crippen molar-refractivity contribution in [3.8, 4) is 11.9 Å². The molecule has 8 heteroatoms. The standard InChI is InChI=1S/C13H16N6O2/c1-20-12-10-3-4-18(11(10)16-13(17-12)21-2)5-6-19-8-9(14)7-15-19/h3-4,7-8H,5-6,14H2,1-2H3. The first kappa shape index (κ1) is 13.2. The number of nitrogen functional groups attached to an aromatic ring is 1. The van der Waals surface area contributed by atoms with E-state index in [4.69, 9.17) is 15.2 Å². The van der Waals surface area contributed by atoms with E-state index < -0.39 is 0 Å². The Morgan fingerprint density at radius 2 is 2.05 bits per heavy atom. The molecule has 0 aliphatic rings. The molecule has 2 N–H and O–H groups in total. The molecule has 0 fully saturated rings. The Morgan fingerprint density at radius 3 is 2.71 bits per heavy atom. The van der Waals surface area contributed by atoms with Crippen LogP contribution < -0.4 is 15.2 Å². The molecular formula is C13H16N6O2. The third kappa shape index (κ3) is 2.47. The van der Waals surface area contributed by atoms with Gasteiger partial charge in [0.25, 0.3) is 0 Å². The molecule has 0 aromatic carbocycles. The monoisotopic (exact) mass is 288 g/mol. The maximum Gasteiger partial charge on any atom is 0.321 e. The van der Waals surface area contributed by atoms with Gasteiger partial charge in [-0.15, -0.1) is 0 Å². The minimum atomic E-state index is 0.280. The van der Waals surface area contributed by atoms with Crippen molar-refractivity contribution < 1.29 is 9.47 Å². The van der Waals surface area contributed by atoms with Crippen LogP contribution >= 0.6 is 0 Å². The molecule has 0 saturated heterocycles. The second-order valence-corrected chi connectivity index (χ2v) is 4.50. The summed E-state index contributed by atoms with van der Waals surface area (Å²) in [5.74, 6) is 0.499. The van der Waals surface area contributed by atoms with Crippen molar-refractivity contribution in [2.45, 2.75) is 13.1 Å². The number of aromatic nitrogens is 5. The van der Waals surface area contributed by atoms with Crippen LogP contribution in [-0.2, 0) is 13.1 Å². The van der Waals surface area contributed by atoms with Crippen molar-refractivity contribution in [2.75, 3.05) is 20.0 Å². The largest absolute Gasteiger partial charge is 0.480 e. The van der Waals surface area contributed by atoms with Crippen molar-refractivity contribution in [3.63, 3.8) is 0 Å². The Kier molecular flexibility index (Phi) is 3.35. The molecule has 3 aromatic heterocycles. The third-order valence-corrected chi connectivity index (χ3v) is 3.16. The summed E-state index contributed by atoms with van der Waals surface area (Å²) in [4.78, 5) is 8.54. The number of hydrogen-bond acceptors (Lipinski definition) is 6. The van der Waals surface area contributed by atoms with Crippen molar-refractivity contribution in [3.05, 3.63) is 24.7 Å². The highest BCUT2D eigenvalue weighted by atomic mass is 16.5. The lowest BCUT2D eigenvalue weighted by atomic mass is 10.4. The Balaban J connectivity index is 1.91. The fourth-order valence-electron chi connectivity index (χ4n) is 2.16. The number of nitrogens with zero attached hydrogens (tertiary/aromatic N) is 5. The van der Waals surface area contributed by atoms with Crippen LogP contribution in [0.5, 0.6) is 11.9 Å². The zero-order valence-electron chi connectivity index (χ0n) is 11.9. The van der Waals surface area contributed by atoms with Gasteiger partial charge in [-0.25, -0.2) is 0 Å². The molecule has 0 spiro atoms. The van der Waals surface area contributed by atoms with Gasteiger partial charge in [0.05, 0.1) is 38.0 Å². The molecule has 3 heterocycles. The van der Waals surface area contributed by atoms with Crippen LogP contribution in [0.3, 0.4) is 0 Å². The SMILES string of the molecule is COc1nc(OC)c2ccn(CCn3cc(N)cn3)c2n1. The summed E-state index contributed by atoms with van der Waals surface area (Å²) in [5, 5.41) is 5.00. The molecule has 0 saturated carbocycles. The maximum atomic E-state index is 5.65. The summed E-state index contributed by atoms with van der Waals surface area (Å²) in [6.45, 7) is 1.39. The quantitative estimate of drug-likeness (QED) is 0.750. The summed E-state index contributed by atoms with van der Waals surface area (Å²) in [7, 11) is 3.10. The number of hydrogen-bond donors (Lipinski definition) is 1. The lowest BCUT2D eigenvalue weighted by molar-refractivity contribution is 0.356. The Morgan fingerprint density at radius 1 is 1.19 bits per heavy atom. The number of fused-ring (bicyclic) bond motifs is 1. The molecule has 3 rings (SSSR count). The molecular weight excluding hydrogens is 272 g/mol. The molecule has 3 aromatic rings. The van der Waals surface area contributed by atoms with Crippen LogP contribution in [0.1, 0.15) is 0 Å². The molecule has 8 nitrogen and oxygen atoms in total. The van der Waals surface area contributed by atoms with Crippen molar-refractivity contribution >= 4 is 16.7 Å². The topological polar surface area (TPSA) is 93.0 Å². The third-order valence-electron chi connectivity index (χ3n) is 3.16. The molecule has 110 valence electrons. The minimum absolute atomic E-state index is 0.280. The Labute approximate surface area is 121 Å². The number of nitrogens with two attached hydrogens (primary N) is 1. The summed E-state index contributed by atoms with van der Waals surface area (Å²) in [6.07, 6.45) is 5.36. The van der Waals surface area contributed by atoms with Gasteiger partial charge in [-0.1, -0.05) is 0 Å². The maximum absolute atomic E-state index is 5.65. The molecule has 0 unspecified atom stereocenters. The van der Waals surface area contributed by atoms with Gasteiger partial charge in [0.1, 0.15) is 0 Å². The van der Waals surface area contributed by atoms with Crippen LogP contribution in [-0.4, -0.2) is 38.5 Å². The van der Waals surface area contributed by atoms with Gasteiger partial charge < -0.3 is 19.8 Å². The van der Waals surface area contributed by atoms with Crippen LogP contribution in [0.2, 0.25) is 0 Å². The summed E-state index contributed by atoms with van der Waals surface area (Å²) in [5.41, 5.74) is 7.06. The van der Waals surface area contributed by atoms with E-state index in [1.165, 1.54) is 7.11 Å². The molecule has 0 amide bonds. The first-order chi connectivity index (χ1) is 10.2. The first-order valence-corrected chi connectivity index (χ1v) is 6.44. The molecule has 0 radical (unpaired) electrons. The van der Waals surface area contributed by atoms with Crippen LogP contribution in [0, 0.1) is 0 Å². The van der Waals surface area contributed by atoms with Gasteiger partial charge >= 0.3 is 6.01 Å². The van der Waals surface area contributed by atoms with Crippen molar-refractivity contribution in [1.82, 2.24) is 24.3 Å². The van der Waals surface area contributed by atoms with Crippen LogP contribution in [0.25, 0.3) is 11.0 Å². The van der Waals surface area contributed by atoms with E-state index in [0.29, 0.717) is 24.7 Å². The van der Waals surface area contributed by atoms with Crippen LogP contribution in [0.15, 0.2) is 24.7 Å². The normalized spacial score (nSPS) is 11.0. The predicted octanol–water partition coefficient (Wildman–Crippen LogP) is 0.927. The van der Waals surface area contributed by atoms with Gasteiger partial charge in [-0.05, 0) is 6.07 Å². The summed E-state index contributed by atoms with van der Waals surface area (Å²) >= 11 is 0.